The standard InChI is InChI=1S/C12H14N4O6S2/c17-5-6(18)16(12-14-2-4-24-12)8-7(21-9(19)10(20)22-8)15(5)11-13-1-3-23-11/h1-10,17-20H. The second kappa shape index (κ2) is 6.16. The number of aliphatic hydroxyl groups is 4. The molecule has 0 amide bonds. The van der Waals surface area contributed by atoms with Crippen molar-refractivity contribution in [3.05, 3.63) is 23.2 Å². The average molecular weight is 374 g/mol. The monoisotopic (exact) mass is 374 g/mol. The van der Waals surface area contributed by atoms with Crippen LogP contribution in [0.1, 0.15) is 0 Å². The lowest BCUT2D eigenvalue weighted by atomic mass is 10.2. The maximum Gasteiger partial charge on any atom is 0.209 e. The van der Waals surface area contributed by atoms with Crippen LogP contribution in [0.3, 0.4) is 0 Å². The molecular formula is C12H14N4O6S2. The summed E-state index contributed by atoms with van der Waals surface area (Å²) >= 11 is 2.45. The average Bonchev–Trinajstić information content (AvgIpc) is 3.24. The first-order valence-corrected chi connectivity index (χ1v) is 8.72. The molecular weight excluding hydrogens is 360 g/mol. The summed E-state index contributed by atoms with van der Waals surface area (Å²) in [6.07, 6.45) is -4.98. The van der Waals surface area contributed by atoms with Crippen LogP contribution >= 0.6 is 22.7 Å². The Morgan fingerprint density at radius 2 is 1.21 bits per heavy atom. The Bertz CT molecular complexity index is 615. The Kier molecular flexibility index (Phi) is 4.14. The molecule has 4 N–H and O–H groups in total. The van der Waals surface area contributed by atoms with Gasteiger partial charge < -0.3 is 29.9 Å². The first-order chi connectivity index (χ1) is 11.6. The number of rotatable bonds is 2. The van der Waals surface area contributed by atoms with Gasteiger partial charge in [0.1, 0.15) is 0 Å². The van der Waals surface area contributed by atoms with Gasteiger partial charge in [-0.15, -0.1) is 22.7 Å². The fraction of sp³-hybridized carbons (Fsp3) is 0.500. The minimum absolute atomic E-state index is 0.377. The van der Waals surface area contributed by atoms with Gasteiger partial charge in [0.05, 0.1) is 0 Å². The molecule has 6 atom stereocenters. The highest BCUT2D eigenvalue weighted by Crippen LogP contribution is 2.38. The van der Waals surface area contributed by atoms with Crippen molar-refractivity contribution in [1.29, 1.82) is 0 Å². The number of ether oxygens (including phenoxy) is 2. The predicted molar refractivity (Wildman–Crippen MR) is 83.0 cm³/mol. The van der Waals surface area contributed by atoms with Crippen LogP contribution in [-0.2, 0) is 9.47 Å². The largest absolute Gasteiger partial charge is 0.369 e. The van der Waals surface area contributed by atoms with Crippen molar-refractivity contribution in [1.82, 2.24) is 9.97 Å². The maximum atomic E-state index is 10.6. The van der Waals surface area contributed by atoms with Crippen LogP contribution < -0.4 is 9.80 Å². The minimum atomic E-state index is -1.60. The summed E-state index contributed by atoms with van der Waals surface area (Å²) in [6, 6.07) is 0. The lowest BCUT2D eigenvalue weighted by Crippen LogP contribution is -2.74. The minimum Gasteiger partial charge on any atom is -0.369 e. The first-order valence-electron chi connectivity index (χ1n) is 6.97. The van der Waals surface area contributed by atoms with Crippen LogP contribution in [0, 0.1) is 0 Å². The highest BCUT2D eigenvalue weighted by molar-refractivity contribution is 7.14. The summed E-state index contributed by atoms with van der Waals surface area (Å²) in [5, 5.41) is 44.9. The Labute approximate surface area is 143 Å². The quantitative estimate of drug-likeness (QED) is 0.513. The number of aliphatic hydroxyl groups excluding tert-OH is 4. The number of piperazine rings is 1. The second-order valence-electron chi connectivity index (χ2n) is 5.11. The highest BCUT2D eigenvalue weighted by Gasteiger charge is 2.54. The van der Waals surface area contributed by atoms with Crippen LogP contribution in [0.5, 0.6) is 0 Å². The molecule has 2 aliphatic heterocycles. The molecule has 2 saturated heterocycles. The van der Waals surface area contributed by atoms with E-state index in [0.717, 1.165) is 0 Å². The molecule has 0 aromatic carbocycles. The van der Waals surface area contributed by atoms with E-state index in [1.165, 1.54) is 44.9 Å². The van der Waals surface area contributed by atoms with Gasteiger partial charge in [-0.3, -0.25) is 9.80 Å². The fourth-order valence-corrected chi connectivity index (χ4v) is 4.08. The van der Waals surface area contributed by atoms with E-state index in [1.54, 1.807) is 10.8 Å². The van der Waals surface area contributed by atoms with E-state index in [1.807, 2.05) is 0 Å². The molecule has 130 valence electrons. The molecule has 12 heteroatoms. The highest BCUT2D eigenvalue weighted by atomic mass is 32.1. The molecule has 0 bridgehead atoms. The third kappa shape index (κ3) is 2.48. The number of anilines is 2. The molecule has 10 nitrogen and oxygen atoms in total. The van der Waals surface area contributed by atoms with Gasteiger partial charge in [0.15, 0.2) is 35.2 Å². The lowest BCUT2D eigenvalue weighted by molar-refractivity contribution is -0.349. The van der Waals surface area contributed by atoms with Crippen molar-refractivity contribution in [3.8, 4) is 0 Å². The molecule has 2 aromatic rings. The Balaban J connectivity index is 1.76. The zero-order valence-electron chi connectivity index (χ0n) is 12.0. The smallest absolute Gasteiger partial charge is 0.209 e. The van der Waals surface area contributed by atoms with Gasteiger partial charge in [-0.1, -0.05) is 0 Å². The molecule has 6 unspecified atom stereocenters. The predicted octanol–water partition coefficient (Wildman–Crippen LogP) is -1.10. The summed E-state index contributed by atoms with van der Waals surface area (Å²) in [4.78, 5) is 10.8. The van der Waals surface area contributed by atoms with E-state index in [2.05, 4.69) is 9.97 Å². The second-order valence-corrected chi connectivity index (χ2v) is 6.85. The summed E-state index contributed by atoms with van der Waals surface area (Å²) in [5.41, 5.74) is 0. The van der Waals surface area contributed by atoms with Crippen LogP contribution in [0.4, 0.5) is 10.3 Å². The molecule has 0 saturated carbocycles. The van der Waals surface area contributed by atoms with Gasteiger partial charge in [-0.25, -0.2) is 9.97 Å². The van der Waals surface area contributed by atoms with E-state index in [4.69, 9.17) is 9.47 Å². The summed E-state index contributed by atoms with van der Waals surface area (Å²) in [5.74, 6) is 0. The third-order valence-corrected chi connectivity index (χ3v) is 5.28. The summed E-state index contributed by atoms with van der Waals surface area (Å²) in [6.45, 7) is 0. The van der Waals surface area contributed by atoms with Gasteiger partial charge in [0.25, 0.3) is 0 Å². The lowest BCUT2D eigenvalue weighted by Gasteiger charge is -2.54. The van der Waals surface area contributed by atoms with E-state index in [0.29, 0.717) is 10.3 Å². The zero-order valence-corrected chi connectivity index (χ0v) is 13.6. The van der Waals surface area contributed by atoms with Crippen LogP contribution in [-0.4, -0.2) is 67.9 Å². The molecule has 0 radical (unpaired) electrons. The van der Waals surface area contributed by atoms with Crippen LogP contribution in [0.2, 0.25) is 0 Å². The molecule has 2 fully saturated rings. The number of nitrogens with zero attached hydrogens (tertiary/aromatic N) is 4. The van der Waals surface area contributed by atoms with Gasteiger partial charge in [-0.05, 0) is 0 Å². The Morgan fingerprint density at radius 1 is 0.792 bits per heavy atom. The molecule has 2 aromatic heterocycles. The SMILES string of the molecule is OC1OC2C(OC1O)N(c1nccs1)C(O)C(O)N2c1nccs1. The molecule has 4 rings (SSSR count). The molecule has 24 heavy (non-hydrogen) atoms. The number of hydrogen-bond donors (Lipinski definition) is 4. The number of hydrogen-bond acceptors (Lipinski definition) is 12. The number of fused-ring (bicyclic) bond motifs is 1. The first kappa shape index (κ1) is 16.1. The molecule has 2 aliphatic rings. The maximum absolute atomic E-state index is 10.6. The Hall–Kier alpha value is -1.38. The van der Waals surface area contributed by atoms with Crippen molar-refractivity contribution >= 4 is 32.9 Å². The molecule has 0 aliphatic carbocycles. The third-order valence-electron chi connectivity index (χ3n) is 3.71. The van der Waals surface area contributed by atoms with E-state index >= 15 is 0 Å². The number of aromatic nitrogens is 2. The van der Waals surface area contributed by atoms with E-state index < -0.39 is 37.5 Å². The normalized spacial score (nSPS) is 36.7. The van der Waals surface area contributed by atoms with E-state index in [9.17, 15) is 20.4 Å². The van der Waals surface area contributed by atoms with Gasteiger partial charge in [0.2, 0.25) is 12.6 Å². The van der Waals surface area contributed by atoms with Gasteiger partial charge >= 0.3 is 0 Å². The van der Waals surface area contributed by atoms with Crippen molar-refractivity contribution < 1.29 is 29.9 Å². The number of thiazole rings is 2. The zero-order chi connectivity index (χ0) is 16.8. The molecule has 0 spiro atoms. The van der Waals surface area contributed by atoms with Crippen LogP contribution in [0.25, 0.3) is 0 Å². The van der Waals surface area contributed by atoms with Gasteiger partial charge in [-0.2, -0.15) is 0 Å². The molecule has 4 heterocycles. The van der Waals surface area contributed by atoms with Crippen molar-refractivity contribution in [2.24, 2.45) is 0 Å². The van der Waals surface area contributed by atoms with E-state index in [-0.39, 0.29) is 0 Å². The van der Waals surface area contributed by atoms with Gasteiger partial charge in [0, 0.05) is 23.2 Å². The van der Waals surface area contributed by atoms with Crippen LogP contribution in [0.15, 0.2) is 23.2 Å². The summed E-state index contributed by atoms with van der Waals surface area (Å²) in [7, 11) is 0. The van der Waals surface area contributed by atoms with Crippen molar-refractivity contribution in [2.75, 3.05) is 9.80 Å². The fourth-order valence-electron chi connectivity index (χ4n) is 2.68. The Morgan fingerprint density at radius 3 is 1.54 bits per heavy atom. The topological polar surface area (TPSA) is 132 Å². The van der Waals surface area contributed by atoms with Crippen molar-refractivity contribution in [2.45, 2.75) is 37.5 Å². The summed E-state index contributed by atoms with van der Waals surface area (Å²) < 4.78 is 10.8. The van der Waals surface area contributed by atoms with Crippen molar-refractivity contribution in [3.63, 3.8) is 0 Å².